The fourth-order valence-electron chi connectivity index (χ4n) is 4.09. The van der Waals surface area contributed by atoms with Crippen molar-refractivity contribution in [2.24, 2.45) is 5.92 Å². The second kappa shape index (κ2) is 7.91. The molecule has 7 nitrogen and oxygen atoms in total. The van der Waals surface area contributed by atoms with Gasteiger partial charge in [-0.2, -0.15) is 0 Å². The number of likely N-dealkylation sites (tertiary alicyclic amines) is 1. The molecule has 1 N–H and O–H groups in total. The minimum absolute atomic E-state index is 0.0680. The molecule has 2 fully saturated rings. The van der Waals surface area contributed by atoms with Gasteiger partial charge in [0, 0.05) is 25.1 Å². The molecule has 7 heteroatoms. The number of aromatic nitrogens is 1. The van der Waals surface area contributed by atoms with E-state index in [-0.39, 0.29) is 17.6 Å². The van der Waals surface area contributed by atoms with Crippen LogP contribution in [0, 0.1) is 23.0 Å². The van der Waals surface area contributed by atoms with E-state index in [0.717, 1.165) is 31.8 Å². The van der Waals surface area contributed by atoms with Crippen molar-refractivity contribution in [2.75, 3.05) is 18.4 Å². The van der Waals surface area contributed by atoms with Gasteiger partial charge in [-0.25, -0.2) is 0 Å². The van der Waals surface area contributed by atoms with Gasteiger partial charge in [-0.3, -0.25) is 24.8 Å². The molecule has 1 atom stereocenters. The summed E-state index contributed by atoms with van der Waals surface area (Å²) in [4.78, 5) is 29.4. The van der Waals surface area contributed by atoms with Crippen LogP contribution in [0.25, 0.3) is 0 Å². The van der Waals surface area contributed by atoms with Gasteiger partial charge >= 0.3 is 0 Å². The van der Waals surface area contributed by atoms with Gasteiger partial charge in [0.05, 0.1) is 16.8 Å². The van der Waals surface area contributed by atoms with Crippen molar-refractivity contribution < 1.29 is 9.72 Å². The van der Waals surface area contributed by atoms with Gasteiger partial charge in [-0.15, -0.1) is 0 Å². The highest BCUT2D eigenvalue weighted by Crippen LogP contribution is 2.29. The molecular formula is C18H26N4O3. The van der Waals surface area contributed by atoms with E-state index in [1.165, 1.54) is 37.9 Å². The third-order valence-corrected chi connectivity index (χ3v) is 5.43. The molecule has 1 aromatic heterocycles. The van der Waals surface area contributed by atoms with E-state index in [9.17, 15) is 14.9 Å². The Hall–Kier alpha value is -2.02. The fraction of sp³-hybridized carbons (Fsp3) is 0.667. The predicted octanol–water partition coefficient (Wildman–Crippen LogP) is 3.28. The molecule has 1 unspecified atom stereocenters. The van der Waals surface area contributed by atoms with Crippen LogP contribution in [0.3, 0.4) is 0 Å². The summed E-state index contributed by atoms with van der Waals surface area (Å²) in [6.07, 6.45) is 9.40. The molecule has 0 radical (unpaired) electrons. The maximum atomic E-state index is 12.4. The van der Waals surface area contributed by atoms with Crippen LogP contribution in [-0.2, 0) is 4.79 Å². The van der Waals surface area contributed by atoms with Crippen LogP contribution in [-0.4, -0.2) is 39.8 Å². The smallest absolute Gasteiger partial charge is 0.292 e. The van der Waals surface area contributed by atoms with E-state index >= 15 is 0 Å². The van der Waals surface area contributed by atoms with E-state index in [4.69, 9.17) is 0 Å². The van der Waals surface area contributed by atoms with E-state index in [0.29, 0.717) is 17.8 Å². The van der Waals surface area contributed by atoms with Crippen molar-refractivity contribution in [1.29, 1.82) is 0 Å². The molecular weight excluding hydrogens is 320 g/mol. The highest BCUT2D eigenvalue weighted by molar-refractivity contribution is 5.91. The molecule has 1 amide bonds. The zero-order chi connectivity index (χ0) is 17.8. The molecule has 2 aliphatic rings. The summed E-state index contributed by atoms with van der Waals surface area (Å²) in [7, 11) is 0. The van der Waals surface area contributed by atoms with Crippen LogP contribution in [0.15, 0.2) is 12.3 Å². The summed E-state index contributed by atoms with van der Waals surface area (Å²) in [5, 5.41) is 13.8. The average molecular weight is 346 g/mol. The van der Waals surface area contributed by atoms with Gasteiger partial charge in [0.2, 0.25) is 5.91 Å². The largest absolute Gasteiger partial charge is 0.324 e. The Bertz CT molecular complexity index is 643. The quantitative estimate of drug-likeness (QED) is 0.631. The van der Waals surface area contributed by atoms with E-state index in [1.807, 2.05) is 0 Å². The van der Waals surface area contributed by atoms with Crippen LogP contribution < -0.4 is 5.32 Å². The Balaban J connectivity index is 1.56. The summed E-state index contributed by atoms with van der Waals surface area (Å²) < 4.78 is 0. The molecule has 136 valence electrons. The Morgan fingerprint density at radius 3 is 2.84 bits per heavy atom. The van der Waals surface area contributed by atoms with E-state index < -0.39 is 4.92 Å². The molecule has 0 bridgehead atoms. The molecule has 0 aromatic carbocycles. The lowest BCUT2D eigenvalue weighted by atomic mass is 10.1. The molecule has 1 aliphatic heterocycles. The first-order valence-corrected chi connectivity index (χ1v) is 9.18. The molecule has 25 heavy (non-hydrogen) atoms. The second-order valence-electron chi connectivity index (χ2n) is 7.28. The fourth-order valence-corrected chi connectivity index (χ4v) is 4.09. The maximum Gasteiger partial charge on any atom is 0.292 e. The number of rotatable bonds is 6. The summed E-state index contributed by atoms with van der Waals surface area (Å²) in [6, 6.07) is 1.67. The number of anilines is 1. The number of hydrogen-bond acceptors (Lipinski definition) is 5. The summed E-state index contributed by atoms with van der Waals surface area (Å²) in [5.74, 6) is 0.691. The van der Waals surface area contributed by atoms with Gasteiger partial charge in [0.15, 0.2) is 0 Å². The molecule has 3 rings (SSSR count). The molecule has 1 aliphatic carbocycles. The van der Waals surface area contributed by atoms with Crippen molar-refractivity contribution >= 4 is 17.3 Å². The second-order valence-corrected chi connectivity index (χ2v) is 7.28. The highest BCUT2D eigenvalue weighted by atomic mass is 16.6. The average Bonchev–Trinajstić information content (AvgIpc) is 3.22. The lowest BCUT2D eigenvalue weighted by molar-refractivity contribution is -0.385. The summed E-state index contributed by atoms with van der Waals surface area (Å²) >= 11 is 0. The Morgan fingerprint density at radius 2 is 2.12 bits per heavy atom. The molecule has 2 heterocycles. The van der Waals surface area contributed by atoms with Crippen molar-refractivity contribution in [3.63, 3.8) is 0 Å². The predicted molar refractivity (Wildman–Crippen MR) is 95.4 cm³/mol. The number of aryl methyl sites for hydroxylation is 1. The number of carbonyl (C=O) groups is 1. The number of carbonyl (C=O) groups excluding carboxylic acids is 1. The first-order valence-electron chi connectivity index (χ1n) is 9.18. The number of nitrogens with zero attached hydrogens (tertiary/aromatic N) is 3. The minimum atomic E-state index is -0.474. The van der Waals surface area contributed by atoms with Gasteiger partial charge in [0.25, 0.3) is 5.69 Å². The van der Waals surface area contributed by atoms with Gasteiger partial charge in [0.1, 0.15) is 5.69 Å². The van der Waals surface area contributed by atoms with Crippen LogP contribution >= 0.6 is 0 Å². The third kappa shape index (κ3) is 4.54. The van der Waals surface area contributed by atoms with Crippen LogP contribution in [0.2, 0.25) is 0 Å². The number of amides is 1. The van der Waals surface area contributed by atoms with Gasteiger partial charge in [-0.05, 0) is 45.1 Å². The number of pyridine rings is 1. The first kappa shape index (κ1) is 17.8. The molecule has 1 saturated heterocycles. The lowest BCUT2D eigenvalue weighted by Gasteiger charge is -2.26. The molecule has 1 saturated carbocycles. The van der Waals surface area contributed by atoms with Crippen molar-refractivity contribution in [3.05, 3.63) is 28.1 Å². The van der Waals surface area contributed by atoms with Crippen LogP contribution in [0.4, 0.5) is 11.4 Å². The standard InChI is InChI=1S/C18H26N4O3/c1-13-17(22(24)25)9-15(11-19-13)20-18(23)10-16-7-4-8-21(16)12-14-5-2-3-6-14/h9,11,14,16H,2-8,10,12H2,1H3,(H,20,23). The van der Waals surface area contributed by atoms with Crippen molar-refractivity contribution in [3.8, 4) is 0 Å². The third-order valence-electron chi connectivity index (χ3n) is 5.43. The summed E-state index contributed by atoms with van der Waals surface area (Å²) in [5.41, 5.74) is 0.672. The van der Waals surface area contributed by atoms with Crippen molar-refractivity contribution in [1.82, 2.24) is 9.88 Å². The molecule has 1 aromatic rings. The zero-order valence-electron chi connectivity index (χ0n) is 14.7. The van der Waals surface area contributed by atoms with Crippen molar-refractivity contribution in [2.45, 2.75) is 57.9 Å². The minimum Gasteiger partial charge on any atom is -0.324 e. The highest BCUT2D eigenvalue weighted by Gasteiger charge is 2.29. The van der Waals surface area contributed by atoms with E-state index in [2.05, 4.69) is 15.2 Å². The van der Waals surface area contributed by atoms with Crippen LogP contribution in [0.5, 0.6) is 0 Å². The Morgan fingerprint density at radius 1 is 1.36 bits per heavy atom. The molecule has 0 spiro atoms. The van der Waals surface area contributed by atoms with Gasteiger partial charge < -0.3 is 5.32 Å². The SMILES string of the molecule is Cc1ncc(NC(=O)CC2CCCN2CC2CCCC2)cc1[N+](=O)[O-]. The Labute approximate surface area is 148 Å². The summed E-state index contributed by atoms with van der Waals surface area (Å²) in [6.45, 7) is 3.77. The number of hydrogen-bond donors (Lipinski definition) is 1. The maximum absolute atomic E-state index is 12.4. The van der Waals surface area contributed by atoms with Gasteiger partial charge in [-0.1, -0.05) is 12.8 Å². The first-order chi connectivity index (χ1) is 12.0. The normalized spacial score (nSPS) is 21.6. The lowest BCUT2D eigenvalue weighted by Crippen LogP contribution is -2.36. The topological polar surface area (TPSA) is 88.4 Å². The van der Waals surface area contributed by atoms with E-state index in [1.54, 1.807) is 6.92 Å². The monoisotopic (exact) mass is 346 g/mol. The van der Waals surface area contributed by atoms with Crippen LogP contribution in [0.1, 0.15) is 50.6 Å². The number of nitro groups is 1. The zero-order valence-corrected chi connectivity index (χ0v) is 14.7. The Kier molecular flexibility index (Phi) is 5.63. The number of nitrogens with one attached hydrogen (secondary N) is 1.